The molecule has 1 heterocycles. The molecule has 0 aliphatic carbocycles. The lowest BCUT2D eigenvalue weighted by molar-refractivity contribution is 0.365. The molecule has 1 aliphatic rings. The van der Waals surface area contributed by atoms with Gasteiger partial charge in [0.15, 0.2) is 0 Å². The fraction of sp³-hybridized carbons (Fsp3) is 0.625. The van der Waals surface area contributed by atoms with E-state index in [0.717, 1.165) is 45.2 Å². The van der Waals surface area contributed by atoms with Crippen LogP contribution in [0.15, 0.2) is 24.3 Å². The second kappa shape index (κ2) is 7.80. The molecule has 4 nitrogen and oxygen atoms in total. The molecule has 5 heteroatoms. The van der Waals surface area contributed by atoms with Crippen molar-refractivity contribution < 1.29 is 8.42 Å². The molecule has 0 saturated carbocycles. The van der Waals surface area contributed by atoms with Gasteiger partial charge >= 0.3 is 0 Å². The molecule has 2 N–H and O–H groups in total. The van der Waals surface area contributed by atoms with Crippen molar-refractivity contribution in [3.8, 4) is 0 Å². The number of sulfonamides is 1. The van der Waals surface area contributed by atoms with E-state index in [2.05, 4.69) is 17.0 Å². The van der Waals surface area contributed by atoms with Crippen LogP contribution in [0.4, 0.5) is 5.69 Å². The summed E-state index contributed by atoms with van der Waals surface area (Å²) >= 11 is 0. The summed E-state index contributed by atoms with van der Waals surface area (Å²) < 4.78 is 26.9. The van der Waals surface area contributed by atoms with E-state index in [1.165, 1.54) is 5.56 Å². The van der Waals surface area contributed by atoms with Crippen molar-refractivity contribution in [3.05, 3.63) is 29.8 Å². The summed E-state index contributed by atoms with van der Waals surface area (Å²) in [5, 5.41) is 3.30. The Kier molecular flexibility index (Phi) is 6.06. The van der Waals surface area contributed by atoms with Crippen molar-refractivity contribution >= 4 is 15.7 Å². The van der Waals surface area contributed by atoms with Gasteiger partial charge in [0, 0.05) is 5.69 Å². The number of nitrogens with one attached hydrogen (secondary N) is 2. The second-order valence-corrected chi connectivity index (χ2v) is 7.69. The number of benzene rings is 1. The molecule has 0 amide bonds. The van der Waals surface area contributed by atoms with Gasteiger partial charge in [-0.2, -0.15) is 0 Å². The third kappa shape index (κ3) is 5.67. The lowest BCUT2D eigenvalue weighted by atomic mass is 9.96. The molecule has 21 heavy (non-hydrogen) atoms. The van der Waals surface area contributed by atoms with E-state index in [4.69, 9.17) is 0 Å². The van der Waals surface area contributed by atoms with E-state index < -0.39 is 10.0 Å². The van der Waals surface area contributed by atoms with Crippen molar-refractivity contribution in [1.29, 1.82) is 0 Å². The summed E-state index contributed by atoms with van der Waals surface area (Å²) in [5.74, 6) is 0.753. The van der Waals surface area contributed by atoms with Gasteiger partial charge in [-0.3, -0.25) is 4.72 Å². The quantitative estimate of drug-likeness (QED) is 0.814. The molecule has 118 valence electrons. The van der Waals surface area contributed by atoms with Crippen LogP contribution in [0, 0.1) is 5.92 Å². The number of rotatable bonds is 7. The summed E-state index contributed by atoms with van der Waals surface area (Å²) in [7, 11) is -3.23. The molecule has 0 bridgehead atoms. The van der Waals surface area contributed by atoms with E-state index >= 15 is 0 Å². The van der Waals surface area contributed by atoms with Crippen molar-refractivity contribution in [3.63, 3.8) is 0 Å². The highest BCUT2D eigenvalue weighted by Gasteiger charge is 2.17. The second-order valence-electron chi connectivity index (χ2n) is 5.85. The normalized spacial score (nSPS) is 16.8. The van der Waals surface area contributed by atoms with Crippen LogP contribution in [-0.4, -0.2) is 27.3 Å². The fourth-order valence-corrected chi connectivity index (χ4v) is 3.99. The van der Waals surface area contributed by atoms with E-state index in [0.29, 0.717) is 11.6 Å². The van der Waals surface area contributed by atoms with Gasteiger partial charge in [-0.1, -0.05) is 25.5 Å². The summed E-state index contributed by atoms with van der Waals surface area (Å²) in [6, 6.07) is 7.70. The Morgan fingerprint density at radius 2 is 1.86 bits per heavy atom. The minimum Gasteiger partial charge on any atom is -0.317 e. The molecular formula is C16H26N2O2S. The highest BCUT2D eigenvalue weighted by Crippen LogP contribution is 2.18. The average molecular weight is 310 g/mol. The Hall–Kier alpha value is -1.07. The molecule has 0 spiro atoms. The maximum Gasteiger partial charge on any atom is 0.232 e. The average Bonchev–Trinajstić information content (AvgIpc) is 2.48. The first kappa shape index (κ1) is 16.3. The van der Waals surface area contributed by atoms with E-state index in [1.54, 1.807) is 0 Å². The molecule has 0 unspecified atom stereocenters. The van der Waals surface area contributed by atoms with Gasteiger partial charge in [-0.05, 0) is 62.4 Å². The minimum atomic E-state index is -3.23. The first-order valence-corrected chi connectivity index (χ1v) is 9.54. The van der Waals surface area contributed by atoms with Gasteiger partial charge in [0.25, 0.3) is 0 Å². The smallest absolute Gasteiger partial charge is 0.232 e. The fourth-order valence-electron chi connectivity index (χ4n) is 2.75. The molecule has 1 fully saturated rings. The van der Waals surface area contributed by atoms with Crippen LogP contribution in [0.1, 0.15) is 38.2 Å². The van der Waals surface area contributed by atoms with Crippen LogP contribution >= 0.6 is 0 Å². The van der Waals surface area contributed by atoms with Crippen molar-refractivity contribution in [2.45, 2.75) is 39.0 Å². The van der Waals surface area contributed by atoms with E-state index in [1.807, 2.05) is 24.3 Å². The Labute approximate surface area is 128 Å². The van der Waals surface area contributed by atoms with Gasteiger partial charge in [0.1, 0.15) is 0 Å². The molecule has 0 atom stereocenters. The van der Waals surface area contributed by atoms with E-state index in [9.17, 15) is 8.42 Å². The SMILES string of the molecule is CCCc1ccc(NS(=O)(=O)CCC2CCNCC2)cc1. The van der Waals surface area contributed by atoms with Gasteiger partial charge in [0.05, 0.1) is 5.75 Å². The zero-order valence-electron chi connectivity index (χ0n) is 12.8. The topological polar surface area (TPSA) is 58.2 Å². The molecule has 0 aromatic heterocycles. The molecule has 1 aliphatic heterocycles. The summed E-state index contributed by atoms with van der Waals surface area (Å²) in [4.78, 5) is 0. The Morgan fingerprint density at radius 3 is 2.48 bits per heavy atom. The van der Waals surface area contributed by atoms with Gasteiger partial charge in [-0.15, -0.1) is 0 Å². The molecule has 1 saturated heterocycles. The largest absolute Gasteiger partial charge is 0.317 e. The van der Waals surface area contributed by atoms with Gasteiger partial charge < -0.3 is 5.32 Å². The number of piperidine rings is 1. The predicted molar refractivity (Wildman–Crippen MR) is 88.1 cm³/mol. The molecule has 2 rings (SSSR count). The van der Waals surface area contributed by atoms with Gasteiger partial charge in [0.2, 0.25) is 10.0 Å². The standard InChI is InChI=1S/C16H26N2O2S/c1-2-3-14-4-6-16(7-5-14)18-21(19,20)13-10-15-8-11-17-12-9-15/h4-7,15,17-18H,2-3,8-13H2,1H3. The van der Waals surface area contributed by atoms with Crippen molar-refractivity contribution in [2.24, 2.45) is 5.92 Å². The number of hydrogen-bond donors (Lipinski definition) is 2. The zero-order chi connectivity index (χ0) is 15.1. The lowest BCUT2D eigenvalue weighted by Gasteiger charge is -2.22. The summed E-state index contributed by atoms with van der Waals surface area (Å²) in [6.45, 7) is 4.16. The third-order valence-corrected chi connectivity index (χ3v) is 5.34. The van der Waals surface area contributed by atoms with Crippen LogP contribution < -0.4 is 10.0 Å². The molecule has 1 aromatic rings. The zero-order valence-corrected chi connectivity index (χ0v) is 13.6. The van der Waals surface area contributed by atoms with Crippen molar-refractivity contribution in [1.82, 2.24) is 5.32 Å². The van der Waals surface area contributed by atoms with Crippen LogP contribution in [0.25, 0.3) is 0 Å². The van der Waals surface area contributed by atoms with E-state index in [-0.39, 0.29) is 5.75 Å². The van der Waals surface area contributed by atoms with Crippen LogP contribution in [0.5, 0.6) is 0 Å². The first-order valence-electron chi connectivity index (χ1n) is 7.89. The monoisotopic (exact) mass is 310 g/mol. The number of anilines is 1. The van der Waals surface area contributed by atoms with Crippen LogP contribution in [0.2, 0.25) is 0 Å². The summed E-state index contributed by atoms with van der Waals surface area (Å²) in [5.41, 5.74) is 1.91. The minimum absolute atomic E-state index is 0.217. The van der Waals surface area contributed by atoms with Crippen LogP contribution in [0.3, 0.4) is 0 Å². The number of aryl methyl sites for hydroxylation is 1. The molecule has 1 aromatic carbocycles. The number of hydrogen-bond acceptors (Lipinski definition) is 3. The maximum absolute atomic E-state index is 12.1. The Morgan fingerprint density at radius 1 is 1.19 bits per heavy atom. The highest BCUT2D eigenvalue weighted by atomic mass is 32.2. The predicted octanol–water partition coefficient (Wildman–Crippen LogP) is 2.77. The molecule has 0 radical (unpaired) electrons. The highest BCUT2D eigenvalue weighted by molar-refractivity contribution is 7.92. The Bertz CT molecular complexity index is 520. The maximum atomic E-state index is 12.1. The first-order chi connectivity index (χ1) is 10.1. The third-order valence-electron chi connectivity index (χ3n) is 4.02. The lowest BCUT2D eigenvalue weighted by Crippen LogP contribution is -2.29. The Balaban J connectivity index is 1.84. The van der Waals surface area contributed by atoms with Gasteiger partial charge in [-0.25, -0.2) is 8.42 Å². The summed E-state index contributed by atoms with van der Waals surface area (Å²) in [6.07, 6.45) is 5.05. The van der Waals surface area contributed by atoms with Crippen LogP contribution in [-0.2, 0) is 16.4 Å². The molecular weight excluding hydrogens is 284 g/mol. The van der Waals surface area contributed by atoms with Crippen molar-refractivity contribution in [2.75, 3.05) is 23.6 Å².